The first kappa shape index (κ1) is 8.99. The predicted octanol–water partition coefficient (Wildman–Crippen LogP) is 1.51. The molecule has 14 heavy (non-hydrogen) atoms. The summed E-state index contributed by atoms with van der Waals surface area (Å²) >= 11 is 0. The van der Waals surface area contributed by atoms with Gasteiger partial charge in [-0.2, -0.15) is 0 Å². The largest absolute Gasteiger partial charge is 0.505 e. The summed E-state index contributed by atoms with van der Waals surface area (Å²) in [7, 11) is 0. The highest BCUT2D eigenvalue weighted by atomic mass is 19.1. The van der Waals surface area contributed by atoms with Gasteiger partial charge in [-0.15, -0.1) is 0 Å². The van der Waals surface area contributed by atoms with E-state index in [0.29, 0.717) is 18.7 Å². The molecule has 0 aliphatic carbocycles. The number of benzene rings is 1. The number of phenolic OH excluding ortho intramolecular Hbond substituents is 1. The van der Waals surface area contributed by atoms with Gasteiger partial charge in [-0.05, 0) is 18.6 Å². The van der Waals surface area contributed by atoms with Crippen LogP contribution in [0.4, 0.5) is 4.39 Å². The number of hydrogen-bond donors (Lipinski definition) is 1. The Morgan fingerprint density at radius 3 is 2.93 bits per heavy atom. The van der Waals surface area contributed by atoms with Gasteiger partial charge in [0.2, 0.25) is 0 Å². The Hall–Kier alpha value is -1.58. The summed E-state index contributed by atoms with van der Waals surface area (Å²) in [5.74, 6) is -1.60. The summed E-state index contributed by atoms with van der Waals surface area (Å²) < 4.78 is 13.4. The van der Waals surface area contributed by atoms with Gasteiger partial charge in [-0.25, -0.2) is 4.39 Å². The first-order valence-corrected chi connectivity index (χ1v) is 4.44. The highest BCUT2D eigenvalue weighted by Gasteiger charge is 2.30. The number of fused-ring (bicyclic) bond motifs is 1. The van der Waals surface area contributed by atoms with Crippen LogP contribution in [0.1, 0.15) is 22.8 Å². The zero-order chi connectivity index (χ0) is 10.3. The summed E-state index contributed by atoms with van der Waals surface area (Å²) in [6, 6.07) is 2.86. The number of phenols is 1. The third-order valence-electron chi connectivity index (χ3n) is 2.45. The molecule has 2 rings (SSSR count). The van der Waals surface area contributed by atoms with Crippen molar-refractivity contribution in [3.8, 4) is 5.75 Å². The van der Waals surface area contributed by atoms with Crippen LogP contribution in [-0.4, -0.2) is 22.5 Å². The highest BCUT2D eigenvalue weighted by molar-refractivity contribution is 5.99. The third-order valence-corrected chi connectivity index (χ3v) is 2.45. The van der Waals surface area contributed by atoms with Crippen LogP contribution in [0.3, 0.4) is 0 Å². The second-order valence-corrected chi connectivity index (χ2v) is 3.25. The normalized spacial score (nSPS) is 14.7. The van der Waals surface area contributed by atoms with Crippen molar-refractivity contribution in [1.29, 1.82) is 0 Å². The van der Waals surface area contributed by atoms with Gasteiger partial charge in [-0.1, -0.05) is 6.07 Å². The van der Waals surface area contributed by atoms with Crippen molar-refractivity contribution in [3.63, 3.8) is 0 Å². The van der Waals surface area contributed by atoms with Gasteiger partial charge in [0.05, 0.1) is 5.56 Å². The molecule has 1 aliphatic rings. The molecule has 1 aromatic carbocycles. The van der Waals surface area contributed by atoms with E-state index in [1.54, 1.807) is 6.07 Å². The van der Waals surface area contributed by atoms with Crippen LogP contribution in [0.15, 0.2) is 12.1 Å². The molecule has 74 valence electrons. The lowest BCUT2D eigenvalue weighted by Gasteiger charge is -2.10. The van der Waals surface area contributed by atoms with Gasteiger partial charge in [0, 0.05) is 13.1 Å². The van der Waals surface area contributed by atoms with Crippen molar-refractivity contribution in [2.75, 3.05) is 6.54 Å². The number of carbonyl (C=O) groups excluding carboxylic acids is 1. The van der Waals surface area contributed by atoms with E-state index in [9.17, 15) is 9.18 Å². The monoisotopic (exact) mass is 195 g/mol. The van der Waals surface area contributed by atoms with E-state index in [-0.39, 0.29) is 11.5 Å². The van der Waals surface area contributed by atoms with Crippen LogP contribution in [0.2, 0.25) is 0 Å². The first-order valence-electron chi connectivity index (χ1n) is 4.44. The molecule has 0 saturated carbocycles. The minimum Gasteiger partial charge on any atom is -0.505 e. The average molecular weight is 195 g/mol. The fourth-order valence-corrected chi connectivity index (χ4v) is 1.66. The van der Waals surface area contributed by atoms with E-state index in [2.05, 4.69) is 0 Å². The number of hydrogen-bond acceptors (Lipinski definition) is 2. The number of carbonyl (C=O) groups is 1. The lowest BCUT2D eigenvalue weighted by Crippen LogP contribution is -2.23. The van der Waals surface area contributed by atoms with Crippen molar-refractivity contribution in [2.45, 2.75) is 13.5 Å². The fourth-order valence-electron chi connectivity index (χ4n) is 1.66. The molecule has 1 aliphatic heterocycles. The molecule has 1 amide bonds. The van der Waals surface area contributed by atoms with Crippen LogP contribution >= 0.6 is 0 Å². The van der Waals surface area contributed by atoms with Gasteiger partial charge in [0.15, 0.2) is 11.6 Å². The average Bonchev–Trinajstić information content (AvgIpc) is 2.50. The molecule has 0 saturated heterocycles. The molecule has 0 fully saturated rings. The van der Waals surface area contributed by atoms with E-state index < -0.39 is 11.6 Å². The quantitative estimate of drug-likeness (QED) is 0.737. The van der Waals surface area contributed by atoms with Gasteiger partial charge < -0.3 is 10.0 Å². The zero-order valence-electron chi connectivity index (χ0n) is 7.75. The van der Waals surface area contributed by atoms with Crippen LogP contribution in [-0.2, 0) is 6.54 Å². The van der Waals surface area contributed by atoms with Crippen LogP contribution in [0.25, 0.3) is 0 Å². The van der Waals surface area contributed by atoms with E-state index in [4.69, 9.17) is 5.11 Å². The van der Waals surface area contributed by atoms with Crippen molar-refractivity contribution in [1.82, 2.24) is 4.90 Å². The number of halogens is 1. The van der Waals surface area contributed by atoms with Crippen LogP contribution in [0, 0.1) is 5.82 Å². The molecule has 4 heteroatoms. The maximum atomic E-state index is 13.4. The summed E-state index contributed by atoms with van der Waals surface area (Å²) in [6.07, 6.45) is 0. The van der Waals surface area contributed by atoms with E-state index >= 15 is 0 Å². The standard InChI is InChI=1S/C10H10FNO2/c1-2-12-5-6-3-4-7(13)9(11)8(6)10(12)14/h3-4,13H,2,5H2,1H3. The molecule has 0 bridgehead atoms. The Morgan fingerprint density at radius 2 is 2.29 bits per heavy atom. The molecule has 0 atom stereocenters. The molecule has 0 aromatic heterocycles. The Kier molecular flexibility index (Phi) is 1.91. The number of amides is 1. The summed E-state index contributed by atoms with van der Waals surface area (Å²) in [6.45, 7) is 2.82. The van der Waals surface area contributed by atoms with Crippen molar-refractivity contribution in [2.24, 2.45) is 0 Å². The lowest BCUT2D eigenvalue weighted by molar-refractivity contribution is 0.0783. The molecule has 0 unspecified atom stereocenters. The smallest absolute Gasteiger partial charge is 0.257 e. The molecule has 0 radical (unpaired) electrons. The van der Waals surface area contributed by atoms with E-state index in [1.807, 2.05) is 6.92 Å². The maximum absolute atomic E-state index is 13.4. The fraction of sp³-hybridized carbons (Fsp3) is 0.300. The Balaban J connectivity index is 2.55. The van der Waals surface area contributed by atoms with E-state index in [1.165, 1.54) is 11.0 Å². The topological polar surface area (TPSA) is 40.5 Å². The van der Waals surface area contributed by atoms with Gasteiger partial charge >= 0.3 is 0 Å². The number of aromatic hydroxyl groups is 1. The zero-order valence-corrected chi connectivity index (χ0v) is 7.75. The first-order chi connectivity index (χ1) is 6.65. The van der Waals surface area contributed by atoms with Crippen LogP contribution in [0.5, 0.6) is 5.75 Å². The van der Waals surface area contributed by atoms with Gasteiger partial charge in [0.1, 0.15) is 0 Å². The summed E-state index contributed by atoms with van der Waals surface area (Å²) in [5, 5.41) is 9.11. The van der Waals surface area contributed by atoms with E-state index in [0.717, 1.165) is 0 Å². The van der Waals surface area contributed by atoms with Crippen LogP contribution < -0.4 is 0 Å². The summed E-state index contributed by atoms with van der Waals surface area (Å²) in [5.41, 5.74) is 0.666. The minimum absolute atomic E-state index is 0.0202. The highest BCUT2D eigenvalue weighted by Crippen LogP contribution is 2.29. The van der Waals surface area contributed by atoms with Gasteiger partial charge in [0.25, 0.3) is 5.91 Å². The lowest BCUT2D eigenvalue weighted by atomic mass is 10.1. The molecule has 3 nitrogen and oxygen atoms in total. The number of nitrogens with zero attached hydrogens (tertiary/aromatic N) is 1. The second-order valence-electron chi connectivity index (χ2n) is 3.25. The minimum atomic E-state index is -0.802. The maximum Gasteiger partial charge on any atom is 0.257 e. The van der Waals surface area contributed by atoms with Crippen molar-refractivity contribution in [3.05, 3.63) is 29.1 Å². The molecule has 1 N–H and O–H groups in total. The Bertz CT molecular complexity index is 403. The molecule has 0 spiro atoms. The Labute approximate surface area is 80.8 Å². The number of rotatable bonds is 1. The van der Waals surface area contributed by atoms with Crippen molar-refractivity contribution >= 4 is 5.91 Å². The Morgan fingerprint density at radius 1 is 1.57 bits per heavy atom. The van der Waals surface area contributed by atoms with Crippen molar-refractivity contribution < 1.29 is 14.3 Å². The SMILES string of the molecule is CCN1Cc2ccc(O)c(F)c2C1=O. The molecular formula is C10H10FNO2. The predicted molar refractivity (Wildman–Crippen MR) is 48.5 cm³/mol. The van der Waals surface area contributed by atoms with Gasteiger partial charge in [-0.3, -0.25) is 4.79 Å². The molecule has 1 heterocycles. The third kappa shape index (κ3) is 1.07. The molecule has 1 aromatic rings. The summed E-state index contributed by atoms with van der Waals surface area (Å²) in [4.78, 5) is 13.1. The molecular weight excluding hydrogens is 185 g/mol. The second kappa shape index (κ2) is 2.97.